The molecule has 21 heavy (non-hydrogen) atoms. The molecule has 0 spiro atoms. The van der Waals surface area contributed by atoms with E-state index in [1.54, 1.807) is 32.9 Å². The number of allylic oxidation sites excluding steroid dienone is 4. The van der Waals surface area contributed by atoms with Gasteiger partial charge in [-0.3, -0.25) is 5.32 Å². The van der Waals surface area contributed by atoms with Crippen molar-refractivity contribution in [1.29, 1.82) is 0 Å². The Kier molecular flexibility index (Phi) is 2.64. The molecule has 108 valence electrons. The summed E-state index contributed by atoms with van der Waals surface area (Å²) in [7, 11) is 0. The average molecular weight is 297 g/mol. The van der Waals surface area contributed by atoms with E-state index in [0.29, 0.717) is 5.92 Å². The Morgan fingerprint density at radius 1 is 1.24 bits per heavy atom. The minimum Gasteiger partial charge on any atom is -0.390 e. The third-order valence-electron chi connectivity index (χ3n) is 5.14. The monoisotopic (exact) mass is 297 g/mol. The molecule has 0 radical (unpaired) electrons. The van der Waals surface area contributed by atoms with E-state index in [1.165, 1.54) is 6.42 Å². The van der Waals surface area contributed by atoms with Crippen molar-refractivity contribution in [2.75, 3.05) is 26.3 Å². The summed E-state index contributed by atoms with van der Waals surface area (Å²) in [6, 6.07) is 0. The standard InChI is InChI=1S/C17H19N3S/c1-2-13-14-6-11-7-18-4-3-12(11)15-8-19-10-20(17(14)15)9-16(13)21-5-1/h1,3-5,11,18-19H,2,6-10H2. The van der Waals surface area contributed by atoms with Crippen LogP contribution in [-0.2, 0) is 0 Å². The zero-order valence-corrected chi connectivity index (χ0v) is 12.8. The molecule has 1 unspecified atom stereocenters. The molecule has 0 aromatic rings. The maximum atomic E-state index is 3.60. The third kappa shape index (κ3) is 1.72. The number of hydrogen-bond donors (Lipinski definition) is 2. The van der Waals surface area contributed by atoms with Crippen LogP contribution in [0, 0.1) is 5.92 Å². The van der Waals surface area contributed by atoms with Gasteiger partial charge in [-0.25, -0.2) is 0 Å². The number of thioether (sulfide) groups is 1. The zero-order valence-electron chi connectivity index (χ0n) is 12.0. The van der Waals surface area contributed by atoms with Gasteiger partial charge < -0.3 is 10.2 Å². The van der Waals surface area contributed by atoms with Gasteiger partial charge in [-0.15, -0.1) is 11.8 Å². The second-order valence-electron chi connectivity index (χ2n) is 6.28. The summed E-state index contributed by atoms with van der Waals surface area (Å²) in [6.45, 7) is 4.18. The lowest BCUT2D eigenvalue weighted by Crippen LogP contribution is -2.47. The van der Waals surface area contributed by atoms with E-state index in [-0.39, 0.29) is 0 Å². The molecule has 1 atom stereocenters. The van der Waals surface area contributed by atoms with Gasteiger partial charge in [0.1, 0.15) is 0 Å². The van der Waals surface area contributed by atoms with E-state index in [1.807, 2.05) is 11.8 Å². The fourth-order valence-electron chi connectivity index (χ4n) is 4.24. The summed E-state index contributed by atoms with van der Waals surface area (Å²) >= 11 is 1.93. The van der Waals surface area contributed by atoms with Gasteiger partial charge >= 0.3 is 0 Å². The van der Waals surface area contributed by atoms with Crippen molar-refractivity contribution in [1.82, 2.24) is 15.5 Å². The second-order valence-corrected chi connectivity index (χ2v) is 7.28. The van der Waals surface area contributed by atoms with Gasteiger partial charge in [0.15, 0.2) is 0 Å². The molecule has 4 aliphatic heterocycles. The molecule has 1 saturated heterocycles. The van der Waals surface area contributed by atoms with Crippen molar-refractivity contribution >= 4 is 11.8 Å². The van der Waals surface area contributed by atoms with Crippen molar-refractivity contribution in [2.45, 2.75) is 12.8 Å². The topological polar surface area (TPSA) is 27.3 Å². The van der Waals surface area contributed by atoms with Gasteiger partial charge in [0, 0.05) is 29.6 Å². The van der Waals surface area contributed by atoms with Gasteiger partial charge in [-0.1, -0.05) is 6.08 Å². The first-order valence-corrected chi connectivity index (χ1v) is 8.66. The normalized spacial score (nSPS) is 30.1. The van der Waals surface area contributed by atoms with Crippen LogP contribution >= 0.6 is 11.8 Å². The van der Waals surface area contributed by atoms with Crippen molar-refractivity contribution in [3.63, 3.8) is 0 Å². The minimum atomic E-state index is 0.647. The first-order valence-electron chi connectivity index (χ1n) is 7.78. The molecule has 0 aromatic carbocycles. The summed E-state index contributed by atoms with van der Waals surface area (Å²) in [5.41, 5.74) is 7.93. The van der Waals surface area contributed by atoms with Crippen LogP contribution in [0.15, 0.2) is 56.7 Å². The second kappa shape index (κ2) is 4.55. The van der Waals surface area contributed by atoms with E-state index in [0.717, 1.165) is 32.7 Å². The predicted molar refractivity (Wildman–Crippen MR) is 87.3 cm³/mol. The van der Waals surface area contributed by atoms with Crippen LogP contribution in [0.4, 0.5) is 0 Å². The number of nitrogens with one attached hydrogen (secondary N) is 2. The Labute approximate surface area is 129 Å². The highest BCUT2D eigenvalue weighted by atomic mass is 32.2. The Morgan fingerprint density at radius 2 is 2.24 bits per heavy atom. The van der Waals surface area contributed by atoms with E-state index in [2.05, 4.69) is 39.3 Å². The van der Waals surface area contributed by atoms with E-state index < -0.39 is 0 Å². The molecular weight excluding hydrogens is 278 g/mol. The first kappa shape index (κ1) is 12.2. The molecule has 4 heteroatoms. The first-order chi connectivity index (χ1) is 10.4. The Bertz CT molecular complexity index is 666. The number of rotatable bonds is 0. The molecule has 1 aliphatic carbocycles. The van der Waals surface area contributed by atoms with Gasteiger partial charge in [0.2, 0.25) is 0 Å². The molecule has 0 bridgehead atoms. The third-order valence-corrected chi connectivity index (χ3v) is 6.13. The van der Waals surface area contributed by atoms with Crippen molar-refractivity contribution < 1.29 is 0 Å². The highest BCUT2D eigenvalue weighted by Gasteiger charge is 2.38. The number of nitrogens with zero attached hydrogens (tertiary/aromatic N) is 1. The summed E-state index contributed by atoms with van der Waals surface area (Å²) in [5, 5.41) is 9.28. The number of hydrogen-bond acceptors (Lipinski definition) is 4. The molecule has 0 aromatic heterocycles. The van der Waals surface area contributed by atoms with Crippen LogP contribution in [0.5, 0.6) is 0 Å². The number of fused-ring (bicyclic) bond motifs is 2. The highest BCUT2D eigenvalue weighted by Crippen LogP contribution is 2.48. The average Bonchev–Trinajstić information content (AvgIpc) is 2.55. The van der Waals surface area contributed by atoms with Gasteiger partial charge in [0.05, 0.1) is 13.2 Å². The van der Waals surface area contributed by atoms with Crippen LogP contribution < -0.4 is 10.6 Å². The Morgan fingerprint density at radius 3 is 3.24 bits per heavy atom. The SMILES string of the molecule is C1=CSC2=C(C1)C1=C3C(=C4C=CNCC4C1)CNCN3C2. The minimum absolute atomic E-state index is 0.647. The van der Waals surface area contributed by atoms with Crippen LogP contribution in [0.3, 0.4) is 0 Å². The van der Waals surface area contributed by atoms with E-state index in [9.17, 15) is 0 Å². The molecule has 0 saturated carbocycles. The van der Waals surface area contributed by atoms with Gasteiger partial charge in [-0.2, -0.15) is 0 Å². The summed E-state index contributed by atoms with van der Waals surface area (Å²) < 4.78 is 0. The van der Waals surface area contributed by atoms with E-state index >= 15 is 0 Å². The maximum Gasteiger partial charge on any atom is 0.0688 e. The van der Waals surface area contributed by atoms with Crippen LogP contribution in [-0.4, -0.2) is 31.2 Å². The van der Waals surface area contributed by atoms with Gasteiger partial charge in [0.25, 0.3) is 0 Å². The summed E-state index contributed by atoms with van der Waals surface area (Å²) in [4.78, 5) is 4.13. The Hall–Kier alpha value is -1.39. The largest absolute Gasteiger partial charge is 0.390 e. The summed E-state index contributed by atoms with van der Waals surface area (Å²) in [6.07, 6.45) is 9.08. The van der Waals surface area contributed by atoms with Crippen molar-refractivity contribution in [3.8, 4) is 0 Å². The molecule has 5 aliphatic rings. The Balaban J connectivity index is 1.71. The van der Waals surface area contributed by atoms with E-state index in [4.69, 9.17) is 0 Å². The van der Waals surface area contributed by atoms with Crippen molar-refractivity contribution in [2.24, 2.45) is 5.92 Å². The molecule has 3 nitrogen and oxygen atoms in total. The molecule has 5 rings (SSSR count). The van der Waals surface area contributed by atoms with Crippen molar-refractivity contribution in [3.05, 3.63) is 56.7 Å². The summed E-state index contributed by atoms with van der Waals surface area (Å²) in [5.74, 6) is 0.647. The van der Waals surface area contributed by atoms with Gasteiger partial charge in [-0.05, 0) is 52.8 Å². The lowest BCUT2D eigenvalue weighted by molar-refractivity contribution is 0.309. The molecule has 1 fully saturated rings. The lowest BCUT2D eigenvalue weighted by atomic mass is 9.75. The molecule has 2 N–H and O–H groups in total. The molecule has 4 heterocycles. The lowest BCUT2D eigenvalue weighted by Gasteiger charge is -2.46. The fourth-order valence-corrected chi connectivity index (χ4v) is 5.17. The molecule has 0 amide bonds. The zero-order chi connectivity index (χ0) is 13.8. The maximum absolute atomic E-state index is 3.60. The van der Waals surface area contributed by atoms with Crippen LogP contribution in [0.25, 0.3) is 0 Å². The van der Waals surface area contributed by atoms with Crippen LogP contribution in [0.1, 0.15) is 12.8 Å². The predicted octanol–water partition coefficient (Wildman–Crippen LogP) is 2.45. The highest BCUT2D eigenvalue weighted by molar-refractivity contribution is 8.05. The smallest absolute Gasteiger partial charge is 0.0688 e. The molecular formula is C17H19N3S. The van der Waals surface area contributed by atoms with Crippen LogP contribution in [0.2, 0.25) is 0 Å². The fraction of sp³-hybridized carbons (Fsp3) is 0.412. The quantitative estimate of drug-likeness (QED) is 0.718.